The molecular weight excluding hydrogens is 229 g/mol. The number of aryl methyl sites for hydroxylation is 2. The predicted molar refractivity (Wildman–Crippen MR) is 69.8 cm³/mol. The summed E-state index contributed by atoms with van der Waals surface area (Å²) in [5, 5.41) is 7.62. The molecule has 0 saturated carbocycles. The lowest BCUT2D eigenvalue weighted by Gasteiger charge is -2.15. The summed E-state index contributed by atoms with van der Waals surface area (Å²) in [5.41, 5.74) is 3.09. The van der Waals surface area contributed by atoms with E-state index in [9.17, 15) is 4.39 Å². The molecule has 0 bridgehead atoms. The average molecular weight is 247 g/mol. The zero-order chi connectivity index (χ0) is 13.1. The summed E-state index contributed by atoms with van der Waals surface area (Å²) in [6.45, 7) is 2.00. The molecule has 1 heterocycles. The standard InChI is InChI=1S/C14H18FN3/c1-10-4-5-12(15)8-11(10)9-14(16-2)13-6-7-18(3)17-13/h4-8,14,16H,9H2,1-3H3. The number of likely N-dealkylation sites (N-methyl/N-ethyl adjacent to an activating group) is 1. The highest BCUT2D eigenvalue weighted by molar-refractivity contribution is 5.28. The Morgan fingerprint density at radius 1 is 1.39 bits per heavy atom. The molecule has 2 rings (SSSR count). The van der Waals surface area contributed by atoms with E-state index in [2.05, 4.69) is 10.4 Å². The lowest BCUT2D eigenvalue weighted by molar-refractivity contribution is 0.557. The number of hydrogen-bond acceptors (Lipinski definition) is 2. The fourth-order valence-electron chi connectivity index (χ4n) is 2.05. The summed E-state index contributed by atoms with van der Waals surface area (Å²) >= 11 is 0. The maximum absolute atomic E-state index is 13.3. The second kappa shape index (κ2) is 5.31. The van der Waals surface area contributed by atoms with Crippen LogP contribution in [0.5, 0.6) is 0 Å². The van der Waals surface area contributed by atoms with Crippen molar-refractivity contribution in [3.8, 4) is 0 Å². The Morgan fingerprint density at radius 3 is 2.78 bits per heavy atom. The fourth-order valence-corrected chi connectivity index (χ4v) is 2.05. The van der Waals surface area contributed by atoms with Crippen molar-refractivity contribution in [3.05, 3.63) is 53.1 Å². The molecule has 0 aliphatic heterocycles. The minimum atomic E-state index is -0.188. The highest BCUT2D eigenvalue weighted by atomic mass is 19.1. The van der Waals surface area contributed by atoms with Crippen molar-refractivity contribution in [3.63, 3.8) is 0 Å². The monoisotopic (exact) mass is 247 g/mol. The first-order valence-corrected chi connectivity index (χ1v) is 6.02. The second-order valence-corrected chi connectivity index (χ2v) is 4.53. The van der Waals surface area contributed by atoms with Crippen LogP contribution < -0.4 is 5.32 Å². The molecule has 0 aliphatic rings. The third-order valence-corrected chi connectivity index (χ3v) is 3.17. The van der Waals surface area contributed by atoms with Gasteiger partial charge in [-0.25, -0.2) is 4.39 Å². The average Bonchev–Trinajstić information content (AvgIpc) is 2.77. The molecule has 18 heavy (non-hydrogen) atoms. The molecule has 0 aliphatic carbocycles. The van der Waals surface area contributed by atoms with Crippen LogP contribution in [0.3, 0.4) is 0 Å². The van der Waals surface area contributed by atoms with Gasteiger partial charge in [-0.2, -0.15) is 5.10 Å². The van der Waals surface area contributed by atoms with Gasteiger partial charge in [-0.3, -0.25) is 4.68 Å². The normalized spacial score (nSPS) is 12.7. The third kappa shape index (κ3) is 2.76. The van der Waals surface area contributed by atoms with Crippen molar-refractivity contribution in [2.45, 2.75) is 19.4 Å². The summed E-state index contributed by atoms with van der Waals surface area (Å²) in [4.78, 5) is 0. The Labute approximate surface area is 107 Å². The molecule has 0 fully saturated rings. The van der Waals surface area contributed by atoms with Crippen molar-refractivity contribution in [1.29, 1.82) is 0 Å². The number of halogens is 1. The first kappa shape index (κ1) is 12.8. The SMILES string of the molecule is CNC(Cc1cc(F)ccc1C)c1ccn(C)n1. The minimum absolute atomic E-state index is 0.103. The van der Waals surface area contributed by atoms with Gasteiger partial charge in [0, 0.05) is 13.2 Å². The smallest absolute Gasteiger partial charge is 0.123 e. The first-order valence-electron chi connectivity index (χ1n) is 6.02. The molecular formula is C14H18FN3. The number of nitrogens with one attached hydrogen (secondary N) is 1. The Balaban J connectivity index is 2.22. The molecule has 96 valence electrons. The molecule has 0 spiro atoms. The molecule has 1 unspecified atom stereocenters. The van der Waals surface area contributed by atoms with E-state index < -0.39 is 0 Å². The van der Waals surface area contributed by atoms with E-state index in [-0.39, 0.29) is 11.9 Å². The molecule has 3 nitrogen and oxygen atoms in total. The van der Waals surface area contributed by atoms with Crippen LogP contribution in [0.1, 0.15) is 22.9 Å². The maximum atomic E-state index is 13.3. The van der Waals surface area contributed by atoms with Crippen molar-refractivity contribution in [2.75, 3.05) is 7.05 Å². The molecule has 0 saturated heterocycles. The van der Waals surface area contributed by atoms with E-state index in [1.54, 1.807) is 10.7 Å². The zero-order valence-electron chi connectivity index (χ0n) is 10.9. The highest BCUT2D eigenvalue weighted by Gasteiger charge is 2.14. The highest BCUT2D eigenvalue weighted by Crippen LogP contribution is 2.19. The summed E-state index contributed by atoms with van der Waals surface area (Å²) in [7, 11) is 3.79. The van der Waals surface area contributed by atoms with Crippen LogP contribution in [0.25, 0.3) is 0 Å². The third-order valence-electron chi connectivity index (χ3n) is 3.17. The van der Waals surface area contributed by atoms with E-state index in [1.165, 1.54) is 6.07 Å². The van der Waals surface area contributed by atoms with Gasteiger partial charge in [0.2, 0.25) is 0 Å². The summed E-state index contributed by atoms with van der Waals surface area (Å²) in [6.07, 6.45) is 2.65. The number of nitrogens with zero attached hydrogens (tertiary/aromatic N) is 2. The fraction of sp³-hybridized carbons (Fsp3) is 0.357. The summed E-state index contributed by atoms with van der Waals surface area (Å²) in [5.74, 6) is -0.188. The van der Waals surface area contributed by atoms with Crippen molar-refractivity contribution in [2.24, 2.45) is 7.05 Å². The lowest BCUT2D eigenvalue weighted by atomic mass is 9.99. The summed E-state index contributed by atoms with van der Waals surface area (Å²) < 4.78 is 15.0. The van der Waals surface area contributed by atoms with Crippen LogP contribution in [-0.4, -0.2) is 16.8 Å². The predicted octanol–water partition coefficient (Wildman–Crippen LogP) is 2.37. The topological polar surface area (TPSA) is 29.9 Å². The molecule has 4 heteroatoms. The van der Waals surface area contributed by atoms with Gasteiger partial charge >= 0.3 is 0 Å². The number of benzene rings is 1. The number of hydrogen-bond donors (Lipinski definition) is 1. The van der Waals surface area contributed by atoms with Gasteiger partial charge in [-0.05, 0) is 49.7 Å². The molecule has 1 atom stereocenters. The van der Waals surface area contributed by atoms with Crippen LogP contribution in [0.4, 0.5) is 4.39 Å². The first-order chi connectivity index (χ1) is 8.60. The van der Waals surface area contributed by atoms with E-state index in [0.29, 0.717) is 0 Å². The Hall–Kier alpha value is -1.68. The quantitative estimate of drug-likeness (QED) is 0.899. The van der Waals surface area contributed by atoms with Crippen molar-refractivity contribution < 1.29 is 4.39 Å². The van der Waals surface area contributed by atoms with Gasteiger partial charge in [0.1, 0.15) is 5.82 Å². The van der Waals surface area contributed by atoms with Gasteiger partial charge in [0.25, 0.3) is 0 Å². The van der Waals surface area contributed by atoms with Gasteiger partial charge < -0.3 is 5.32 Å². The Bertz CT molecular complexity index is 534. The number of aromatic nitrogens is 2. The van der Waals surface area contributed by atoms with Crippen LogP contribution in [0.15, 0.2) is 30.5 Å². The van der Waals surface area contributed by atoms with E-state index in [0.717, 1.165) is 23.2 Å². The van der Waals surface area contributed by atoms with Crippen LogP contribution in [-0.2, 0) is 13.5 Å². The minimum Gasteiger partial charge on any atom is -0.311 e. The van der Waals surface area contributed by atoms with E-state index >= 15 is 0 Å². The molecule has 2 aromatic rings. The molecule has 0 amide bonds. The van der Waals surface area contributed by atoms with Crippen molar-refractivity contribution >= 4 is 0 Å². The van der Waals surface area contributed by atoms with Crippen LogP contribution in [0.2, 0.25) is 0 Å². The Kier molecular flexibility index (Phi) is 3.77. The van der Waals surface area contributed by atoms with Gasteiger partial charge in [0.05, 0.1) is 11.7 Å². The lowest BCUT2D eigenvalue weighted by Crippen LogP contribution is -2.20. The Morgan fingerprint density at radius 2 is 2.17 bits per heavy atom. The molecule has 1 aromatic carbocycles. The van der Waals surface area contributed by atoms with E-state index in [4.69, 9.17) is 0 Å². The van der Waals surface area contributed by atoms with Crippen LogP contribution in [0, 0.1) is 12.7 Å². The van der Waals surface area contributed by atoms with Gasteiger partial charge in [-0.1, -0.05) is 6.07 Å². The van der Waals surface area contributed by atoms with E-state index in [1.807, 2.05) is 39.3 Å². The largest absolute Gasteiger partial charge is 0.311 e. The molecule has 1 aromatic heterocycles. The van der Waals surface area contributed by atoms with Gasteiger partial charge in [0.15, 0.2) is 0 Å². The number of rotatable bonds is 4. The molecule has 1 N–H and O–H groups in total. The van der Waals surface area contributed by atoms with Gasteiger partial charge in [-0.15, -0.1) is 0 Å². The molecule has 0 radical (unpaired) electrons. The maximum Gasteiger partial charge on any atom is 0.123 e. The van der Waals surface area contributed by atoms with Crippen molar-refractivity contribution in [1.82, 2.24) is 15.1 Å². The summed E-state index contributed by atoms with van der Waals surface area (Å²) in [6, 6.07) is 6.99. The second-order valence-electron chi connectivity index (χ2n) is 4.53. The van der Waals surface area contributed by atoms with Crippen LogP contribution >= 0.6 is 0 Å². The zero-order valence-corrected chi connectivity index (χ0v) is 10.9.